The summed E-state index contributed by atoms with van der Waals surface area (Å²) < 4.78 is 1.46. The van der Waals surface area contributed by atoms with E-state index in [0.29, 0.717) is 5.41 Å². The summed E-state index contributed by atoms with van der Waals surface area (Å²) in [5.41, 5.74) is 14.8. The number of fused-ring (bicyclic) bond motifs is 3. The molecule has 0 heterocycles. The van der Waals surface area contributed by atoms with Gasteiger partial charge in [0.15, 0.2) is 0 Å². The fourth-order valence-corrected chi connectivity index (χ4v) is 5.83. The van der Waals surface area contributed by atoms with Crippen LogP contribution in [0.5, 0.6) is 0 Å². The van der Waals surface area contributed by atoms with E-state index in [1.165, 1.54) is 83.1 Å². The SMILES string of the molecule is CC(C)(C)c1[c-]c2c(cc1)-c1ccc(C(C)(C)C)cc1C2.CCc1[cH-]c(C)cc1C(C)(C)C.C[C](=[Zr+2])c1ccccc1.[Cl-].[Cl-]. The van der Waals surface area contributed by atoms with Crippen LogP contribution in [-0.2, 0) is 53.3 Å². The molecule has 0 atom stereocenters. The van der Waals surface area contributed by atoms with E-state index in [-0.39, 0.29) is 35.6 Å². The number of hydrogen-bond donors (Lipinski definition) is 0. The van der Waals surface area contributed by atoms with Crippen LogP contribution in [-0.4, -0.2) is 3.21 Å². The van der Waals surface area contributed by atoms with E-state index >= 15 is 0 Å². The molecular weight excluding hydrogens is 655 g/mol. The molecule has 1 aliphatic carbocycles. The molecule has 0 fully saturated rings. The minimum atomic E-state index is 0. The van der Waals surface area contributed by atoms with E-state index in [0.717, 1.165) is 12.8 Å². The van der Waals surface area contributed by atoms with Crippen LogP contribution in [0.3, 0.4) is 0 Å². The van der Waals surface area contributed by atoms with Gasteiger partial charge in [-0.1, -0.05) is 112 Å². The Hall–Kier alpha value is -1.66. The zero-order valence-electron chi connectivity index (χ0n) is 29.1. The van der Waals surface area contributed by atoms with Crippen molar-refractivity contribution in [3.63, 3.8) is 0 Å². The van der Waals surface area contributed by atoms with Crippen molar-refractivity contribution in [2.24, 2.45) is 0 Å². The molecule has 0 saturated carbocycles. The molecule has 4 aromatic carbocycles. The normalized spacial score (nSPS) is 11.9. The van der Waals surface area contributed by atoms with Crippen LogP contribution >= 0.6 is 0 Å². The van der Waals surface area contributed by atoms with Crippen molar-refractivity contribution in [2.75, 3.05) is 0 Å². The maximum Gasteiger partial charge on any atom is -1.00 e. The maximum atomic E-state index is 3.67. The molecule has 0 aliphatic heterocycles. The van der Waals surface area contributed by atoms with Crippen molar-refractivity contribution in [1.82, 2.24) is 0 Å². The summed E-state index contributed by atoms with van der Waals surface area (Å²) in [5, 5.41) is 0. The van der Waals surface area contributed by atoms with Gasteiger partial charge in [0, 0.05) is 0 Å². The molecule has 0 saturated heterocycles. The largest absolute Gasteiger partial charge is 1.00 e. The van der Waals surface area contributed by atoms with Crippen LogP contribution in [0.25, 0.3) is 11.1 Å². The summed E-state index contributed by atoms with van der Waals surface area (Å²) >= 11 is 1.51. The second kappa shape index (κ2) is 16.3. The van der Waals surface area contributed by atoms with Crippen molar-refractivity contribution >= 4 is 3.21 Å². The molecule has 0 bridgehead atoms. The Balaban J connectivity index is 0.000000359. The Morgan fingerprint density at radius 2 is 1.36 bits per heavy atom. The number of aryl methyl sites for hydroxylation is 2. The average Bonchev–Trinajstić information content (AvgIpc) is 3.48. The monoisotopic (exact) mass is 704 g/mol. The smallest absolute Gasteiger partial charge is 1.00 e. The van der Waals surface area contributed by atoms with E-state index in [4.69, 9.17) is 0 Å². The van der Waals surface area contributed by atoms with Gasteiger partial charge in [0.2, 0.25) is 0 Å². The van der Waals surface area contributed by atoms with Gasteiger partial charge in [-0.05, 0) is 28.4 Å². The molecule has 3 heteroatoms. The first-order valence-electron chi connectivity index (χ1n) is 15.5. The molecule has 0 nitrogen and oxygen atoms in total. The van der Waals surface area contributed by atoms with E-state index in [1.54, 1.807) is 0 Å². The Bertz CT molecular complexity index is 1440. The predicted molar refractivity (Wildman–Crippen MR) is 182 cm³/mol. The Labute approximate surface area is 297 Å². The van der Waals surface area contributed by atoms with E-state index in [1.807, 2.05) is 6.07 Å². The molecule has 0 unspecified atom stereocenters. The van der Waals surface area contributed by atoms with Gasteiger partial charge in [-0.15, -0.1) is 11.1 Å². The van der Waals surface area contributed by atoms with Crippen LogP contribution in [0, 0.1) is 13.0 Å². The van der Waals surface area contributed by atoms with Gasteiger partial charge < -0.3 is 24.8 Å². The number of benzene rings is 3. The van der Waals surface area contributed by atoms with Crippen molar-refractivity contribution < 1.29 is 49.0 Å². The van der Waals surface area contributed by atoms with Crippen molar-refractivity contribution in [3.8, 4) is 11.1 Å². The average molecular weight is 707 g/mol. The van der Waals surface area contributed by atoms with E-state index < -0.39 is 0 Å². The van der Waals surface area contributed by atoms with Crippen LogP contribution in [0.2, 0.25) is 0 Å². The quantitative estimate of drug-likeness (QED) is 0.227. The number of hydrogen-bond acceptors (Lipinski definition) is 0. The third-order valence-electron chi connectivity index (χ3n) is 7.98. The van der Waals surface area contributed by atoms with Crippen LogP contribution < -0.4 is 24.8 Å². The molecule has 1 aliphatic rings. The molecular formula is C41H52Cl2Zr-2. The molecule has 5 rings (SSSR count). The van der Waals surface area contributed by atoms with Crippen LogP contribution in [0.1, 0.15) is 121 Å². The predicted octanol–water partition coefficient (Wildman–Crippen LogP) is 5.01. The van der Waals surface area contributed by atoms with Gasteiger partial charge in [-0.25, -0.2) is 6.07 Å². The molecule has 44 heavy (non-hydrogen) atoms. The van der Waals surface area contributed by atoms with Gasteiger partial charge >= 0.3 is 70.3 Å². The molecule has 0 amide bonds. The van der Waals surface area contributed by atoms with Gasteiger partial charge in [-0.3, -0.25) is 0 Å². The maximum absolute atomic E-state index is 3.67. The molecule has 0 radical (unpaired) electrons. The van der Waals surface area contributed by atoms with Gasteiger partial charge in [0.25, 0.3) is 0 Å². The minimum absolute atomic E-state index is 0. The fraction of sp³-hybridized carbons (Fsp3) is 0.415. The van der Waals surface area contributed by atoms with E-state index in [2.05, 4.69) is 156 Å². The molecule has 0 N–H and O–H groups in total. The fourth-order valence-electron chi connectivity index (χ4n) is 5.42. The number of rotatable bonds is 2. The second-order valence-corrected chi connectivity index (χ2v) is 16.7. The Morgan fingerprint density at radius 3 is 1.82 bits per heavy atom. The zero-order valence-corrected chi connectivity index (χ0v) is 33.1. The summed E-state index contributed by atoms with van der Waals surface area (Å²) in [6.07, 6.45) is 2.18. The summed E-state index contributed by atoms with van der Waals surface area (Å²) in [7, 11) is 0. The molecule has 236 valence electrons. The Kier molecular flexibility index (Phi) is 14.9. The standard InChI is InChI=1S/C21H25.C12H19.C8H8.2ClH.Zr/c1-20(2,3)16-7-9-18-14(12-16)11-15-13-17(21(4,5)6)8-10-19(15)18;1-6-10-7-9(2)8-11(10)12(3,4)5;1-2-8-6-4-3-5-7-8;;;/h7-10,12H,11H2,1-6H3;7-8H,6H2,1-5H3;3-7H,1H3;2*1H;/q2*-1;;;;+2/p-2. The van der Waals surface area contributed by atoms with Gasteiger partial charge in [0.05, 0.1) is 0 Å². The zero-order chi connectivity index (χ0) is 31.5. The summed E-state index contributed by atoms with van der Waals surface area (Å²) in [6.45, 7) is 27.0. The second-order valence-electron chi connectivity index (χ2n) is 14.9. The van der Waals surface area contributed by atoms with Crippen LogP contribution in [0.4, 0.5) is 0 Å². The van der Waals surface area contributed by atoms with Crippen molar-refractivity contribution in [3.05, 3.63) is 123 Å². The molecule has 0 aromatic heterocycles. The Morgan fingerprint density at radius 1 is 0.773 bits per heavy atom. The van der Waals surface area contributed by atoms with Crippen LogP contribution in [0.15, 0.2) is 72.8 Å². The van der Waals surface area contributed by atoms with Crippen molar-refractivity contribution in [2.45, 2.75) is 112 Å². The summed E-state index contributed by atoms with van der Waals surface area (Å²) in [4.78, 5) is 0. The minimum Gasteiger partial charge on any atom is -1.00 e. The number of halogens is 2. The molecule has 0 spiro atoms. The van der Waals surface area contributed by atoms with Gasteiger partial charge in [-0.2, -0.15) is 46.5 Å². The first-order chi connectivity index (χ1) is 19.4. The van der Waals surface area contributed by atoms with E-state index in [9.17, 15) is 0 Å². The third kappa shape index (κ3) is 10.7. The molecule has 4 aromatic rings. The van der Waals surface area contributed by atoms with Crippen molar-refractivity contribution in [1.29, 1.82) is 0 Å². The first-order valence-corrected chi connectivity index (χ1v) is 16.7. The topological polar surface area (TPSA) is 0 Å². The summed E-state index contributed by atoms with van der Waals surface area (Å²) in [5.74, 6) is 0. The first kappa shape index (κ1) is 40.4. The summed E-state index contributed by atoms with van der Waals surface area (Å²) in [6, 6.07) is 30.3. The van der Waals surface area contributed by atoms with Gasteiger partial charge in [0.1, 0.15) is 0 Å². The third-order valence-corrected chi connectivity index (χ3v) is 8.69.